The average Bonchev–Trinajstić information content (AvgIpc) is 3.14. The van der Waals surface area contributed by atoms with E-state index in [9.17, 15) is 4.79 Å². The molecule has 1 saturated heterocycles. The van der Waals surface area contributed by atoms with Crippen LogP contribution in [0.1, 0.15) is 40.7 Å². The lowest BCUT2D eigenvalue weighted by Gasteiger charge is -2.43. The number of nitrogens with zero attached hydrogens (tertiary/aromatic N) is 2. The largest absolute Gasteiger partial charge is 0.493 e. The molecule has 1 N–H and O–H groups in total. The van der Waals surface area contributed by atoms with Crippen LogP contribution in [0.2, 0.25) is 0 Å². The van der Waals surface area contributed by atoms with Gasteiger partial charge in [0.25, 0.3) is 5.91 Å². The zero-order valence-electron chi connectivity index (χ0n) is 18.4. The lowest BCUT2D eigenvalue weighted by Crippen LogP contribution is -2.47. The standard InChI is InChI=1S/C25H29N3O3/c1-28-15-20-12-21(27-24(29)18-6-4-5-17(11-18)14-26)9-10-25(20,16-28)19-7-8-22(30-2)23(13-19)31-3/h4-8,11,13,20-21H,9-10,12,15-16H2,1-3H3,(H,27,29). The van der Waals surface area contributed by atoms with Gasteiger partial charge in [-0.15, -0.1) is 0 Å². The Kier molecular flexibility index (Phi) is 5.88. The number of carbonyl (C=O) groups excluding carboxylic acids is 1. The lowest BCUT2D eigenvalue weighted by molar-refractivity contribution is 0.0904. The molecule has 2 aromatic carbocycles. The number of fused-ring (bicyclic) bond motifs is 1. The molecular weight excluding hydrogens is 390 g/mol. The number of ether oxygens (including phenoxy) is 2. The number of carbonyl (C=O) groups is 1. The van der Waals surface area contributed by atoms with Crippen molar-refractivity contribution in [3.05, 3.63) is 59.2 Å². The third-order valence-electron chi connectivity index (χ3n) is 6.92. The van der Waals surface area contributed by atoms with Gasteiger partial charge < -0.3 is 19.7 Å². The quantitative estimate of drug-likeness (QED) is 0.804. The van der Waals surface area contributed by atoms with Gasteiger partial charge in [-0.1, -0.05) is 12.1 Å². The van der Waals surface area contributed by atoms with Gasteiger partial charge in [-0.05, 0) is 68.1 Å². The van der Waals surface area contributed by atoms with Crippen LogP contribution in [0, 0.1) is 17.2 Å². The van der Waals surface area contributed by atoms with Crippen LogP contribution < -0.4 is 14.8 Å². The minimum atomic E-state index is -0.105. The number of rotatable bonds is 5. The highest BCUT2D eigenvalue weighted by atomic mass is 16.5. The summed E-state index contributed by atoms with van der Waals surface area (Å²) in [5.74, 6) is 1.84. The van der Waals surface area contributed by atoms with Gasteiger partial charge in [0.05, 0.1) is 25.9 Å². The van der Waals surface area contributed by atoms with Crippen molar-refractivity contribution in [2.24, 2.45) is 5.92 Å². The number of hydrogen-bond donors (Lipinski definition) is 1. The first-order valence-electron chi connectivity index (χ1n) is 10.7. The van der Waals surface area contributed by atoms with Crippen molar-refractivity contribution in [3.8, 4) is 17.6 Å². The zero-order valence-corrected chi connectivity index (χ0v) is 18.4. The van der Waals surface area contributed by atoms with Crippen LogP contribution in [0.15, 0.2) is 42.5 Å². The van der Waals surface area contributed by atoms with Crippen LogP contribution >= 0.6 is 0 Å². The van der Waals surface area contributed by atoms with Crippen molar-refractivity contribution in [3.63, 3.8) is 0 Å². The predicted molar refractivity (Wildman–Crippen MR) is 118 cm³/mol. The first-order chi connectivity index (χ1) is 15.0. The number of nitriles is 1. The second kappa shape index (κ2) is 8.60. The van der Waals surface area contributed by atoms with E-state index in [4.69, 9.17) is 14.7 Å². The molecule has 2 aromatic rings. The van der Waals surface area contributed by atoms with Crippen molar-refractivity contribution < 1.29 is 14.3 Å². The second-order valence-electron chi connectivity index (χ2n) is 8.76. The normalized spacial score (nSPS) is 25.4. The van der Waals surface area contributed by atoms with Crippen molar-refractivity contribution in [1.82, 2.24) is 10.2 Å². The summed E-state index contributed by atoms with van der Waals surface area (Å²) in [4.78, 5) is 15.2. The molecule has 0 radical (unpaired) electrons. The first-order valence-corrected chi connectivity index (χ1v) is 10.7. The van der Waals surface area contributed by atoms with Crippen LogP contribution in [0.5, 0.6) is 11.5 Å². The molecule has 0 bridgehead atoms. The number of likely N-dealkylation sites (N-methyl/N-ethyl adjacent to an activating group) is 1. The Labute approximate surface area is 183 Å². The minimum absolute atomic E-state index is 0.0518. The summed E-state index contributed by atoms with van der Waals surface area (Å²) in [5.41, 5.74) is 2.38. The van der Waals surface area contributed by atoms with Crippen molar-refractivity contribution in [2.45, 2.75) is 30.7 Å². The summed E-state index contributed by atoms with van der Waals surface area (Å²) < 4.78 is 11.0. The Balaban J connectivity index is 1.53. The Morgan fingerprint density at radius 3 is 2.74 bits per heavy atom. The van der Waals surface area contributed by atoms with Crippen molar-refractivity contribution in [2.75, 3.05) is 34.4 Å². The van der Waals surface area contributed by atoms with E-state index < -0.39 is 0 Å². The molecule has 3 unspecified atom stereocenters. The third kappa shape index (κ3) is 3.98. The first kappa shape index (κ1) is 21.2. The highest BCUT2D eigenvalue weighted by Crippen LogP contribution is 2.49. The fourth-order valence-electron chi connectivity index (χ4n) is 5.45. The molecule has 162 valence electrons. The van der Waals surface area contributed by atoms with E-state index in [2.05, 4.69) is 35.5 Å². The van der Waals surface area contributed by atoms with Crippen LogP contribution in [-0.4, -0.2) is 51.2 Å². The van der Waals surface area contributed by atoms with E-state index in [1.54, 1.807) is 38.5 Å². The van der Waals surface area contributed by atoms with Crippen LogP contribution in [0.4, 0.5) is 0 Å². The van der Waals surface area contributed by atoms with E-state index in [0.29, 0.717) is 17.0 Å². The molecule has 31 heavy (non-hydrogen) atoms. The SMILES string of the molecule is COc1ccc(C23CCC(NC(=O)c4cccc(C#N)c4)CC2CN(C)C3)cc1OC. The van der Waals surface area contributed by atoms with Gasteiger partial charge in [-0.2, -0.15) is 5.26 Å². The van der Waals surface area contributed by atoms with Crippen molar-refractivity contribution >= 4 is 5.91 Å². The second-order valence-corrected chi connectivity index (χ2v) is 8.76. The molecule has 0 spiro atoms. The summed E-state index contributed by atoms with van der Waals surface area (Å²) in [6, 6.07) is 15.4. The Bertz CT molecular complexity index is 1020. The number of benzene rings is 2. The predicted octanol–water partition coefficient (Wildman–Crippen LogP) is 3.36. The van der Waals surface area contributed by atoms with Crippen LogP contribution in [0.3, 0.4) is 0 Å². The van der Waals surface area contributed by atoms with E-state index in [-0.39, 0.29) is 17.4 Å². The fraction of sp³-hybridized carbons (Fsp3) is 0.440. The van der Waals surface area contributed by atoms with E-state index in [0.717, 1.165) is 43.9 Å². The number of amides is 1. The van der Waals surface area contributed by atoms with Gasteiger partial charge in [0.2, 0.25) is 0 Å². The molecule has 1 aliphatic heterocycles. The topological polar surface area (TPSA) is 74.6 Å². The molecule has 4 rings (SSSR count). The fourth-order valence-corrected chi connectivity index (χ4v) is 5.45. The number of hydrogen-bond acceptors (Lipinski definition) is 5. The molecular formula is C25H29N3O3. The maximum Gasteiger partial charge on any atom is 0.251 e. The molecule has 1 heterocycles. The van der Waals surface area contributed by atoms with Crippen LogP contribution in [-0.2, 0) is 5.41 Å². The van der Waals surface area contributed by atoms with E-state index >= 15 is 0 Å². The molecule has 1 aliphatic carbocycles. The maximum atomic E-state index is 12.8. The number of methoxy groups -OCH3 is 2. The molecule has 3 atom stereocenters. The minimum Gasteiger partial charge on any atom is -0.493 e. The smallest absolute Gasteiger partial charge is 0.251 e. The average molecular weight is 420 g/mol. The highest BCUT2D eigenvalue weighted by molar-refractivity contribution is 5.94. The molecule has 1 saturated carbocycles. The molecule has 6 nitrogen and oxygen atoms in total. The van der Waals surface area contributed by atoms with Crippen LogP contribution in [0.25, 0.3) is 0 Å². The van der Waals surface area contributed by atoms with E-state index in [1.807, 2.05) is 6.07 Å². The van der Waals surface area contributed by atoms with Gasteiger partial charge in [0, 0.05) is 30.1 Å². The molecule has 0 aromatic heterocycles. The monoisotopic (exact) mass is 419 g/mol. The summed E-state index contributed by atoms with van der Waals surface area (Å²) in [6.07, 6.45) is 2.85. The molecule has 1 amide bonds. The van der Waals surface area contributed by atoms with Crippen molar-refractivity contribution in [1.29, 1.82) is 5.26 Å². The third-order valence-corrected chi connectivity index (χ3v) is 6.92. The Hall–Kier alpha value is -3.04. The summed E-state index contributed by atoms with van der Waals surface area (Å²) in [5, 5.41) is 12.3. The Morgan fingerprint density at radius 2 is 2.00 bits per heavy atom. The molecule has 2 aliphatic rings. The lowest BCUT2D eigenvalue weighted by atomic mass is 9.63. The van der Waals surface area contributed by atoms with Gasteiger partial charge in [-0.25, -0.2) is 0 Å². The Morgan fingerprint density at radius 1 is 1.19 bits per heavy atom. The number of nitrogens with one attached hydrogen (secondary N) is 1. The number of likely N-dealkylation sites (tertiary alicyclic amines) is 1. The molecule has 6 heteroatoms. The highest BCUT2D eigenvalue weighted by Gasteiger charge is 2.50. The summed E-state index contributed by atoms with van der Waals surface area (Å²) in [6.45, 7) is 2.00. The maximum absolute atomic E-state index is 12.8. The summed E-state index contributed by atoms with van der Waals surface area (Å²) >= 11 is 0. The zero-order chi connectivity index (χ0) is 22.0. The van der Waals surface area contributed by atoms with E-state index in [1.165, 1.54) is 5.56 Å². The summed E-state index contributed by atoms with van der Waals surface area (Å²) in [7, 11) is 5.50. The molecule has 2 fully saturated rings. The van der Waals surface area contributed by atoms with Gasteiger partial charge in [0.15, 0.2) is 11.5 Å². The van der Waals surface area contributed by atoms with Gasteiger partial charge >= 0.3 is 0 Å². The van der Waals surface area contributed by atoms with Gasteiger partial charge in [-0.3, -0.25) is 4.79 Å². The van der Waals surface area contributed by atoms with Gasteiger partial charge in [0.1, 0.15) is 0 Å².